The topological polar surface area (TPSA) is 18.5 Å². The van der Waals surface area contributed by atoms with Crippen LogP contribution in [0.15, 0.2) is 22.7 Å². The number of ether oxygens (including phenoxy) is 1. The molecule has 0 bridgehead atoms. The highest BCUT2D eigenvalue weighted by Crippen LogP contribution is 2.26. The molecule has 18 heavy (non-hydrogen) atoms. The molecule has 4 heteroatoms. The Hall–Kier alpha value is -0.190. The van der Waals surface area contributed by atoms with Crippen molar-refractivity contribution in [2.24, 2.45) is 5.92 Å². The molecule has 0 N–H and O–H groups in total. The van der Waals surface area contributed by atoms with Gasteiger partial charge in [0.15, 0.2) is 0 Å². The smallest absolute Gasteiger partial charge is 0.124 e. The Morgan fingerprint density at radius 2 is 2.00 bits per heavy atom. The fourth-order valence-electron chi connectivity index (χ4n) is 1.66. The lowest BCUT2D eigenvalue weighted by molar-refractivity contribution is 0.234. The molecule has 1 aromatic carbocycles. The van der Waals surface area contributed by atoms with Gasteiger partial charge in [0, 0.05) is 16.3 Å². The average molecular weight is 333 g/mol. The second-order valence-corrected chi connectivity index (χ2v) is 5.66. The van der Waals surface area contributed by atoms with Gasteiger partial charge in [-0.3, -0.25) is 0 Å². The molecule has 0 atom stereocenters. The summed E-state index contributed by atoms with van der Waals surface area (Å²) < 4.78 is 12.4. The lowest BCUT2D eigenvalue weighted by Crippen LogP contribution is -2.11. The van der Waals surface area contributed by atoms with Gasteiger partial charge in [-0.15, -0.1) is 0 Å². The lowest BCUT2D eigenvalue weighted by atomic mass is 10.1. The standard InChI is InChI=1S/C14H21BrO2S/c1-4-11(5-2)9-16-14-7-6-13(15)8-12(14)10-17-18-3/h6-8,11H,4-5,9-10H2,1-3H3. The minimum absolute atomic E-state index is 0.568. The molecule has 0 aromatic heterocycles. The van der Waals surface area contributed by atoms with Crippen LogP contribution in [0.1, 0.15) is 32.3 Å². The molecule has 0 aliphatic rings. The first kappa shape index (κ1) is 15.9. The van der Waals surface area contributed by atoms with Crippen LogP contribution in [0.5, 0.6) is 5.75 Å². The fourth-order valence-corrected chi connectivity index (χ4v) is 2.31. The van der Waals surface area contributed by atoms with E-state index in [1.807, 2.05) is 18.4 Å². The van der Waals surface area contributed by atoms with E-state index in [0.29, 0.717) is 12.5 Å². The van der Waals surface area contributed by atoms with Crippen molar-refractivity contribution in [2.45, 2.75) is 33.3 Å². The molecule has 0 radical (unpaired) electrons. The van der Waals surface area contributed by atoms with Crippen LogP contribution in [0.2, 0.25) is 0 Å². The van der Waals surface area contributed by atoms with Gasteiger partial charge >= 0.3 is 0 Å². The lowest BCUT2D eigenvalue weighted by Gasteiger charge is -2.16. The summed E-state index contributed by atoms with van der Waals surface area (Å²) in [5, 5.41) is 0. The average Bonchev–Trinajstić information content (AvgIpc) is 2.39. The Labute approximate surface area is 123 Å². The van der Waals surface area contributed by atoms with Crippen molar-refractivity contribution in [1.29, 1.82) is 0 Å². The molecule has 0 spiro atoms. The molecular formula is C14H21BrO2S. The Morgan fingerprint density at radius 1 is 1.28 bits per heavy atom. The van der Waals surface area contributed by atoms with Gasteiger partial charge < -0.3 is 8.92 Å². The predicted octanol–water partition coefficient (Wildman–Crippen LogP) is 5.06. The van der Waals surface area contributed by atoms with Crippen LogP contribution in [0.25, 0.3) is 0 Å². The molecule has 0 amide bonds. The van der Waals surface area contributed by atoms with E-state index in [2.05, 4.69) is 35.8 Å². The summed E-state index contributed by atoms with van der Waals surface area (Å²) in [4.78, 5) is 0. The molecule has 0 unspecified atom stereocenters. The Morgan fingerprint density at radius 3 is 2.61 bits per heavy atom. The zero-order valence-corrected chi connectivity index (χ0v) is 13.6. The molecule has 0 fully saturated rings. The van der Waals surface area contributed by atoms with Crippen molar-refractivity contribution >= 4 is 28.0 Å². The van der Waals surface area contributed by atoms with Crippen LogP contribution in [0, 0.1) is 5.92 Å². The van der Waals surface area contributed by atoms with E-state index >= 15 is 0 Å². The van der Waals surface area contributed by atoms with Crippen molar-refractivity contribution in [2.75, 3.05) is 12.9 Å². The van der Waals surface area contributed by atoms with Crippen molar-refractivity contribution in [3.63, 3.8) is 0 Å². The third kappa shape index (κ3) is 5.21. The summed E-state index contributed by atoms with van der Waals surface area (Å²) in [7, 11) is 0. The third-order valence-electron chi connectivity index (χ3n) is 2.98. The number of hydrogen-bond donors (Lipinski definition) is 0. The van der Waals surface area contributed by atoms with Gasteiger partial charge in [0.2, 0.25) is 0 Å². The second kappa shape index (κ2) is 8.83. The van der Waals surface area contributed by atoms with Crippen LogP contribution in [-0.4, -0.2) is 12.9 Å². The minimum atomic E-state index is 0.568. The van der Waals surface area contributed by atoms with Gasteiger partial charge in [-0.05, 0) is 36.2 Å². The minimum Gasteiger partial charge on any atom is -0.493 e. The summed E-state index contributed by atoms with van der Waals surface area (Å²) in [6, 6.07) is 6.06. The SMILES string of the molecule is CCC(CC)COc1ccc(Br)cc1COSC. The van der Waals surface area contributed by atoms with E-state index in [-0.39, 0.29) is 0 Å². The molecule has 0 saturated carbocycles. The first-order valence-corrected chi connectivity index (χ1v) is 8.22. The van der Waals surface area contributed by atoms with Crippen molar-refractivity contribution < 1.29 is 8.92 Å². The van der Waals surface area contributed by atoms with Gasteiger partial charge in [-0.25, -0.2) is 0 Å². The molecule has 2 nitrogen and oxygen atoms in total. The normalized spacial score (nSPS) is 10.9. The van der Waals surface area contributed by atoms with Crippen LogP contribution < -0.4 is 4.74 Å². The molecule has 0 saturated heterocycles. The monoisotopic (exact) mass is 332 g/mol. The highest BCUT2D eigenvalue weighted by molar-refractivity contribution is 9.10. The Bertz CT molecular complexity index is 354. The fraction of sp³-hybridized carbons (Fsp3) is 0.571. The van der Waals surface area contributed by atoms with Gasteiger partial charge in [0.1, 0.15) is 5.75 Å². The van der Waals surface area contributed by atoms with Crippen molar-refractivity contribution in [3.8, 4) is 5.75 Å². The first-order valence-electron chi connectivity index (χ1n) is 6.28. The number of benzene rings is 1. The molecular weight excluding hydrogens is 312 g/mol. The number of halogens is 1. The van der Waals surface area contributed by atoms with Gasteiger partial charge in [-0.2, -0.15) is 0 Å². The van der Waals surface area contributed by atoms with Crippen LogP contribution in [-0.2, 0) is 10.8 Å². The molecule has 0 aliphatic heterocycles. The Kier molecular flexibility index (Phi) is 7.79. The zero-order chi connectivity index (χ0) is 13.4. The van der Waals surface area contributed by atoms with Gasteiger partial charge in [0.25, 0.3) is 0 Å². The van der Waals surface area contributed by atoms with Crippen LogP contribution in [0.4, 0.5) is 0 Å². The quantitative estimate of drug-likeness (QED) is 0.620. The highest BCUT2D eigenvalue weighted by atomic mass is 79.9. The largest absolute Gasteiger partial charge is 0.493 e. The predicted molar refractivity (Wildman–Crippen MR) is 82.0 cm³/mol. The maximum atomic E-state index is 5.92. The number of hydrogen-bond acceptors (Lipinski definition) is 3. The van der Waals surface area contributed by atoms with Gasteiger partial charge in [-0.1, -0.05) is 42.6 Å². The molecule has 102 valence electrons. The third-order valence-corrected chi connectivity index (χ3v) is 3.83. The summed E-state index contributed by atoms with van der Waals surface area (Å²) in [5.41, 5.74) is 1.09. The van der Waals surface area contributed by atoms with E-state index in [4.69, 9.17) is 8.92 Å². The Balaban J connectivity index is 2.68. The highest BCUT2D eigenvalue weighted by Gasteiger charge is 2.08. The number of rotatable bonds is 8. The summed E-state index contributed by atoms with van der Waals surface area (Å²) >= 11 is 4.85. The van der Waals surface area contributed by atoms with Crippen molar-refractivity contribution in [3.05, 3.63) is 28.2 Å². The molecule has 0 aliphatic carbocycles. The second-order valence-electron chi connectivity index (χ2n) is 4.17. The maximum Gasteiger partial charge on any atom is 0.124 e. The van der Waals surface area contributed by atoms with E-state index in [1.165, 1.54) is 12.0 Å². The van der Waals surface area contributed by atoms with E-state index in [0.717, 1.165) is 35.2 Å². The molecule has 1 aromatic rings. The van der Waals surface area contributed by atoms with E-state index in [9.17, 15) is 0 Å². The summed E-state index contributed by atoms with van der Waals surface area (Å²) in [6.07, 6.45) is 4.23. The van der Waals surface area contributed by atoms with E-state index in [1.54, 1.807) is 0 Å². The molecule has 0 heterocycles. The van der Waals surface area contributed by atoms with Gasteiger partial charge in [0.05, 0.1) is 13.2 Å². The summed E-state index contributed by atoms with van der Waals surface area (Å²) in [6.45, 7) is 5.76. The zero-order valence-electron chi connectivity index (χ0n) is 11.2. The van der Waals surface area contributed by atoms with Crippen molar-refractivity contribution in [1.82, 2.24) is 0 Å². The molecule has 1 rings (SSSR count). The maximum absolute atomic E-state index is 5.92. The first-order chi connectivity index (χ1) is 8.71. The van der Waals surface area contributed by atoms with E-state index < -0.39 is 0 Å². The van der Waals surface area contributed by atoms with Crippen LogP contribution in [0.3, 0.4) is 0 Å². The summed E-state index contributed by atoms with van der Waals surface area (Å²) in [5.74, 6) is 1.56. The van der Waals surface area contributed by atoms with Crippen LogP contribution >= 0.6 is 28.0 Å².